The molecule has 2 amide bonds. The summed E-state index contributed by atoms with van der Waals surface area (Å²) in [6.45, 7) is 18.6. The van der Waals surface area contributed by atoms with Gasteiger partial charge in [0.2, 0.25) is 13.2 Å². The SMILES string of the molecule is CCOP1(=O)CCN(Cc2ccccc2-c2ccnc(OC)c2)C[C@@]1(CCCCN(C(=O)OC(C)(C)C)C(=O)OC(C)(C)C)C(=O)OC(C)(C)C. The van der Waals surface area contributed by atoms with Crippen molar-refractivity contribution in [1.29, 1.82) is 0 Å². The van der Waals surface area contributed by atoms with Crippen LogP contribution in [0.25, 0.3) is 11.1 Å². The Morgan fingerprint density at radius 2 is 1.51 bits per heavy atom. The van der Waals surface area contributed by atoms with E-state index in [2.05, 4.69) is 9.88 Å². The summed E-state index contributed by atoms with van der Waals surface area (Å²) in [5, 5.41) is -1.49. The zero-order valence-electron chi connectivity index (χ0n) is 32.4. The largest absolute Gasteiger partial charge is 0.481 e. The number of unbranched alkanes of at least 4 members (excludes halogenated alkanes) is 1. The first kappa shape index (κ1) is 41.9. The highest BCUT2D eigenvalue weighted by Gasteiger charge is 2.59. The maximum atomic E-state index is 14.9. The van der Waals surface area contributed by atoms with Crippen LogP contribution in [-0.4, -0.2) is 94.4 Å². The van der Waals surface area contributed by atoms with Gasteiger partial charge < -0.3 is 23.5 Å². The molecule has 0 aliphatic carbocycles. The summed E-state index contributed by atoms with van der Waals surface area (Å²) in [7, 11) is -2.04. The number of aromatic nitrogens is 1. The Morgan fingerprint density at radius 3 is 2.08 bits per heavy atom. The van der Waals surface area contributed by atoms with E-state index in [1.807, 2.05) is 36.4 Å². The second kappa shape index (κ2) is 16.9. The number of carbonyl (C=O) groups excluding carboxylic acids is 3. The highest BCUT2D eigenvalue weighted by atomic mass is 31.2. The number of nitrogens with zero attached hydrogens (tertiary/aromatic N) is 3. The zero-order chi connectivity index (χ0) is 38.3. The summed E-state index contributed by atoms with van der Waals surface area (Å²) >= 11 is 0. The van der Waals surface area contributed by atoms with E-state index in [4.69, 9.17) is 23.5 Å². The second-order valence-electron chi connectivity index (χ2n) is 15.9. The van der Waals surface area contributed by atoms with E-state index in [0.717, 1.165) is 21.6 Å². The molecular formula is C38H58N3O9P. The van der Waals surface area contributed by atoms with Gasteiger partial charge in [-0.25, -0.2) is 19.5 Å². The first-order valence-corrected chi connectivity index (χ1v) is 19.4. The Morgan fingerprint density at radius 1 is 0.902 bits per heavy atom. The van der Waals surface area contributed by atoms with Gasteiger partial charge in [0.15, 0.2) is 5.16 Å². The maximum Gasteiger partial charge on any atom is 0.419 e. The van der Waals surface area contributed by atoms with Crippen molar-refractivity contribution in [2.75, 3.05) is 39.5 Å². The molecule has 1 aliphatic heterocycles. The Bertz CT molecular complexity index is 1530. The van der Waals surface area contributed by atoms with E-state index >= 15 is 0 Å². The molecule has 1 aliphatic rings. The molecule has 284 valence electrons. The highest BCUT2D eigenvalue weighted by Crippen LogP contribution is 2.64. The molecule has 2 aromatic rings. The van der Waals surface area contributed by atoms with Crippen molar-refractivity contribution in [1.82, 2.24) is 14.8 Å². The van der Waals surface area contributed by atoms with Crippen LogP contribution in [-0.2, 0) is 34.6 Å². The first-order chi connectivity index (χ1) is 23.6. The van der Waals surface area contributed by atoms with E-state index in [-0.39, 0.29) is 32.3 Å². The predicted octanol–water partition coefficient (Wildman–Crippen LogP) is 8.31. The standard InChI is InChI=1S/C38H58N3O9P/c1-12-47-51(45)24-23-40(26-29-17-13-14-18-30(29)28-19-21-39-31(25-28)46-11)27-38(51,32(42)48-35(2,3)4)20-15-16-22-41(33(43)49-36(5,6)7)34(44)50-37(8,9)10/h13-14,17-19,21,25H,12,15-16,20,22-24,26-27H2,1-11H3/t38-,51?/m0/s1. The minimum absolute atomic E-state index is 0.0281. The number of methoxy groups -OCH3 is 1. The van der Waals surface area contributed by atoms with Crippen LogP contribution in [0.3, 0.4) is 0 Å². The smallest absolute Gasteiger partial charge is 0.419 e. The molecule has 13 heteroatoms. The Labute approximate surface area is 304 Å². The molecule has 51 heavy (non-hydrogen) atoms. The van der Waals surface area contributed by atoms with Gasteiger partial charge in [-0.1, -0.05) is 24.3 Å². The van der Waals surface area contributed by atoms with Gasteiger partial charge >= 0.3 is 18.2 Å². The van der Waals surface area contributed by atoms with Gasteiger partial charge in [0, 0.05) is 44.6 Å². The van der Waals surface area contributed by atoms with Gasteiger partial charge in [0.1, 0.15) is 16.8 Å². The van der Waals surface area contributed by atoms with Gasteiger partial charge in [-0.3, -0.25) is 14.3 Å². The first-order valence-electron chi connectivity index (χ1n) is 17.6. The van der Waals surface area contributed by atoms with Crippen LogP contribution in [0.1, 0.15) is 94.1 Å². The molecular weight excluding hydrogens is 673 g/mol. The fourth-order valence-electron chi connectivity index (χ4n) is 5.95. The van der Waals surface area contributed by atoms with Crippen LogP contribution in [0.15, 0.2) is 42.6 Å². The summed E-state index contributed by atoms with van der Waals surface area (Å²) in [6, 6.07) is 11.8. The molecule has 0 N–H and O–H groups in total. The monoisotopic (exact) mass is 731 g/mol. The van der Waals surface area contributed by atoms with Crippen LogP contribution < -0.4 is 4.74 Å². The average molecular weight is 732 g/mol. The molecule has 3 rings (SSSR count). The minimum atomic E-state index is -3.62. The molecule has 0 bridgehead atoms. The molecule has 1 fully saturated rings. The molecule has 1 aromatic carbocycles. The molecule has 1 aromatic heterocycles. The number of ether oxygens (including phenoxy) is 4. The van der Waals surface area contributed by atoms with Crippen molar-refractivity contribution in [2.45, 2.75) is 117 Å². The maximum absolute atomic E-state index is 14.9. The van der Waals surface area contributed by atoms with Crippen LogP contribution in [0, 0.1) is 0 Å². The average Bonchev–Trinajstić information content (AvgIpc) is 3.00. The number of hydrogen-bond acceptors (Lipinski definition) is 11. The third-order valence-electron chi connectivity index (χ3n) is 8.08. The predicted molar refractivity (Wildman–Crippen MR) is 197 cm³/mol. The lowest BCUT2D eigenvalue weighted by atomic mass is 9.97. The van der Waals surface area contributed by atoms with Crippen molar-refractivity contribution in [2.24, 2.45) is 0 Å². The molecule has 0 saturated carbocycles. The van der Waals surface area contributed by atoms with Crippen molar-refractivity contribution in [3.8, 4) is 17.0 Å². The summed E-state index contributed by atoms with van der Waals surface area (Å²) in [4.78, 5) is 47.9. The molecule has 2 heterocycles. The lowest BCUT2D eigenvalue weighted by molar-refractivity contribution is -0.160. The second-order valence-corrected chi connectivity index (χ2v) is 18.8. The van der Waals surface area contributed by atoms with E-state index < -0.39 is 47.5 Å². The minimum Gasteiger partial charge on any atom is -0.481 e. The van der Waals surface area contributed by atoms with Gasteiger partial charge in [0.05, 0.1) is 13.7 Å². The summed E-state index contributed by atoms with van der Waals surface area (Å²) in [5.74, 6) is -0.0847. The third-order valence-corrected chi connectivity index (χ3v) is 11.4. The fourth-order valence-corrected chi connectivity index (χ4v) is 8.96. The number of esters is 1. The quantitative estimate of drug-likeness (QED) is 0.0903. The van der Waals surface area contributed by atoms with E-state index in [1.165, 1.54) is 0 Å². The number of benzene rings is 1. The lowest BCUT2D eigenvalue weighted by Crippen LogP contribution is -2.56. The van der Waals surface area contributed by atoms with Crippen LogP contribution in [0.4, 0.5) is 9.59 Å². The van der Waals surface area contributed by atoms with Gasteiger partial charge in [0.25, 0.3) is 0 Å². The highest BCUT2D eigenvalue weighted by molar-refractivity contribution is 7.62. The fraction of sp³-hybridized carbons (Fsp3) is 0.632. The number of imide groups is 1. The number of rotatable bonds is 12. The Balaban J connectivity index is 1.96. The number of hydrogen-bond donors (Lipinski definition) is 0. The zero-order valence-corrected chi connectivity index (χ0v) is 33.3. The summed E-state index contributed by atoms with van der Waals surface area (Å²) in [6.07, 6.45) is 0.982. The Hall–Kier alpha value is -3.47. The van der Waals surface area contributed by atoms with Crippen molar-refractivity contribution >= 4 is 25.5 Å². The van der Waals surface area contributed by atoms with Gasteiger partial charge in [-0.2, -0.15) is 0 Å². The molecule has 1 saturated heterocycles. The summed E-state index contributed by atoms with van der Waals surface area (Å²) < 4.78 is 43.4. The van der Waals surface area contributed by atoms with Crippen molar-refractivity contribution in [3.63, 3.8) is 0 Å². The summed E-state index contributed by atoms with van der Waals surface area (Å²) in [5.41, 5.74) is 0.422. The van der Waals surface area contributed by atoms with E-state index in [0.29, 0.717) is 31.8 Å². The van der Waals surface area contributed by atoms with Gasteiger partial charge in [-0.15, -0.1) is 0 Å². The molecule has 0 spiro atoms. The number of carbonyl (C=O) groups is 3. The normalized spacial score (nSPS) is 20.0. The third kappa shape index (κ3) is 11.8. The number of amides is 2. The molecule has 1 unspecified atom stereocenters. The lowest BCUT2D eigenvalue weighted by Gasteiger charge is -2.46. The molecule has 2 atom stereocenters. The van der Waals surface area contributed by atoms with Crippen molar-refractivity contribution < 1.29 is 42.4 Å². The molecule has 0 radical (unpaired) electrons. The topological polar surface area (TPSA) is 134 Å². The van der Waals surface area contributed by atoms with Crippen LogP contribution in [0.5, 0.6) is 5.88 Å². The van der Waals surface area contributed by atoms with Gasteiger partial charge in [-0.05, 0) is 111 Å². The van der Waals surface area contributed by atoms with Crippen LogP contribution >= 0.6 is 7.37 Å². The Kier molecular flexibility index (Phi) is 13.9. The van der Waals surface area contributed by atoms with E-state index in [1.54, 1.807) is 82.5 Å². The van der Waals surface area contributed by atoms with Crippen LogP contribution in [0.2, 0.25) is 0 Å². The number of pyridine rings is 1. The van der Waals surface area contributed by atoms with E-state index in [9.17, 15) is 18.9 Å². The van der Waals surface area contributed by atoms with Crippen molar-refractivity contribution in [3.05, 3.63) is 48.2 Å². The molecule has 12 nitrogen and oxygen atoms in total.